The van der Waals surface area contributed by atoms with E-state index in [2.05, 4.69) is 48.5 Å². The van der Waals surface area contributed by atoms with E-state index in [0.29, 0.717) is 0 Å². The van der Waals surface area contributed by atoms with Crippen LogP contribution in [0.3, 0.4) is 0 Å². The summed E-state index contributed by atoms with van der Waals surface area (Å²) in [5.41, 5.74) is 3.88. The van der Waals surface area contributed by atoms with Crippen molar-refractivity contribution >= 4 is 0 Å². The van der Waals surface area contributed by atoms with Crippen LogP contribution in [0.5, 0.6) is 0 Å². The van der Waals surface area contributed by atoms with E-state index in [4.69, 9.17) is 4.74 Å². The summed E-state index contributed by atoms with van der Waals surface area (Å²) in [6.07, 6.45) is 0.387. The molecule has 0 bridgehead atoms. The smallest absolute Gasteiger partial charge is 0.110 e. The highest BCUT2D eigenvalue weighted by Gasteiger charge is 2.53. The number of epoxide rings is 1. The van der Waals surface area contributed by atoms with Crippen molar-refractivity contribution in [2.45, 2.75) is 18.1 Å². The summed E-state index contributed by atoms with van der Waals surface area (Å²) >= 11 is 0. The maximum atomic E-state index is 9.77. The number of rotatable bonds is 2. The van der Waals surface area contributed by atoms with Gasteiger partial charge in [0.1, 0.15) is 6.10 Å². The van der Waals surface area contributed by atoms with Crippen LogP contribution in [0.4, 0.5) is 0 Å². The Kier molecular flexibility index (Phi) is 2.47. The second-order valence-electron chi connectivity index (χ2n) is 5.38. The molecule has 1 aliphatic carbocycles. The van der Waals surface area contributed by atoms with Crippen molar-refractivity contribution in [3.05, 3.63) is 71.3 Å². The van der Waals surface area contributed by atoms with Crippen LogP contribution >= 0.6 is 0 Å². The minimum atomic E-state index is 0.169. The molecule has 1 aliphatic heterocycles. The number of aliphatic hydroxyl groups is 1. The number of aliphatic hydroxyl groups excluding tert-OH is 1. The number of fused-ring (bicyclic) bond motifs is 3. The lowest BCUT2D eigenvalue weighted by atomic mass is 9.72. The highest BCUT2D eigenvalue weighted by molar-refractivity contribution is 5.45. The van der Waals surface area contributed by atoms with Crippen molar-refractivity contribution in [2.75, 3.05) is 6.61 Å². The van der Waals surface area contributed by atoms with Gasteiger partial charge in [0.05, 0.1) is 6.10 Å². The van der Waals surface area contributed by atoms with Crippen LogP contribution in [-0.2, 0) is 4.74 Å². The summed E-state index contributed by atoms with van der Waals surface area (Å²) in [6, 6.07) is 18.9. The molecule has 1 heterocycles. The molecule has 2 aromatic carbocycles. The summed E-state index contributed by atoms with van der Waals surface area (Å²) in [5, 5.41) is 9.77. The number of hydrogen-bond donors (Lipinski definition) is 1. The van der Waals surface area contributed by atoms with Gasteiger partial charge in [0.25, 0.3) is 0 Å². The Morgan fingerprint density at radius 1 is 0.895 bits per heavy atom. The van der Waals surface area contributed by atoms with Gasteiger partial charge in [-0.15, -0.1) is 0 Å². The lowest BCUT2D eigenvalue weighted by Crippen LogP contribution is -2.27. The fraction of sp³-hybridized carbons (Fsp3) is 0.294. The molecular weight excluding hydrogens is 236 g/mol. The van der Waals surface area contributed by atoms with Crippen molar-refractivity contribution in [1.29, 1.82) is 0 Å². The van der Waals surface area contributed by atoms with Crippen molar-refractivity contribution in [2.24, 2.45) is 5.92 Å². The lowest BCUT2D eigenvalue weighted by Gasteiger charge is -2.30. The first kappa shape index (κ1) is 11.2. The highest BCUT2D eigenvalue weighted by Crippen LogP contribution is 2.55. The first-order chi connectivity index (χ1) is 9.40. The first-order valence-corrected chi connectivity index (χ1v) is 6.80. The van der Waals surface area contributed by atoms with Gasteiger partial charge in [-0.1, -0.05) is 54.6 Å². The lowest BCUT2D eigenvalue weighted by molar-refractivity contribution is 0.180. The Morgan fingerprint density at radius 3 is 2.32 bits per heavy atom. The zero-order valence-electron chi connectivity index (χ0n) is 10.6. The predicted octanol–water partition coefficient (Wildman–Crippen LogP) is 2.88. The van der Waals surface area contributed by atoms with Crippen LogP contribution in [-0.4, -0.2) is 17.8 Å². The Hall–Kier alpha value is -1.64. The van der Waals surface area contributed by atoms with Gasteiger partial charge in [0, 0.05) is 18.4 Å². The molecular formula is C17H16O2. The van der Waals surface area contributed by atoms with Crippen molar-refractivity contribution in [3.63, 3.8) is 0 Å². The third kappa shape index (κ3) is 1.64. The van der Waals surface area contributed by atoms with E-state index in [-0.39, 0.29) is 30.7 Å². The molecule has 0 amide bonds. The molecule has 1 saturated heterocycles. The second-order valence-corrected chi connectivity index (χ2v) is 5.38. The molecule has 0 radical (unpaired) electrons. The van der Waals surface area contributed by atoms with Gasteiger partial charge in [-0.25, -0.2) is 0 Å². The quantitative estimate of drug-likeness (QED) is 0.834. The van der Waals surface area contributed by atoms with E-state index >= 15 is 0 Å². The minimum absolute atomic E-state index is 0.169. The summed E-state index contributed by atoms with van der Waals surface area (Å²) < 4.78 is 5.80. The first-order valence-electron chi connectivity index (χ1n) is 6.80. The van der Waals surface area contributed by atoms with Crippen LogP contribution in [0, 0.1) is 5.92 Å². The molecule has 2 heteroatoms. The third-order valence-corrected chi connectivity index (χ3v) is 4.38. The largest absolute Gasteiger partial charge is 0.396 e. The molecule has 0 saturated carbocycles. The SMILES string of the molecule is OC[C@H]1[C@H](c2ccccc2)c2ccccc2[C@H]2O[C@@H]12. The second kappa shape index (κ2) is 4.19. The van der Waals surface area contributed by atoms with E-state index in [1.54, 1.807) is 0 Å². The average molecular weight is 252 g/mol. The van der Waals surface area contributed by atoms with Crippen LogP contribution in [0.25, 0.3) is 0 Å². The number of benzene rings is 2. The molecule has 0 aromatic heterocycles. The van der Waals surface area contributed by atoms with E-state index in [0.717, 1.165) is 0 Å². The van der Waals surface area contributed by atoms with Crippen molar-refractivity contribution in [3.8, 4) is 0 Å². The van der Waals surface area contributed by atoms with Gasteiger partial charge in [-0.05, 0) is 16.7 Å². The van der Waals surface area contributed by atoms with Gasteiger partial charge in [-0.3, -0.25) is 0 Å². The molecule has 2 aliphatic rings. The fourth-order valence-electron chi connectivity index (χ4n) is 3.47. The predicted molar refractivity (Wildman–Crippen MR) is 72.9 cm³/mol. The minimum Gasteiger partial charge on any atom is -0.396 e. The van der Waals surface area contributed by atoms with Gasteiger partial charge >= 0.3 is 0 Å². The van der Waals surface area contributed by atoms with Crippen molar-refractivity contribution in [1.82, 2.24) is 0 Å². The molecule has 0 spiro atoms. The van der Waals surface area contributed by atoms with E-state index in [1.165, 1.54) is 16.7 Å². The van der Waals surface area contributed by atoms with E-state index in [9.17, 15) is 5.11 Å². The summed E-state index contributed by atoms with van der Waals surface area (Å²) in [5.74, 6) is 0.411. The third-order valence-electron chi connectivity index (χ3n) is 4.38. The molecule has 96 valence electrons. The molecule has 2 aromatic rings. The maximum Gasteiger partial charge on any atom is 0.110 e. The zero-order chi connectivity index (χ0) is 12.8. The molecule has 4 atom stereocenters. The summed E-state index contributed by atoms with van der Waals surface area (Å²) in [6.45, 7) is 0.176. The summed E-state index contributed by atoms with van der Waals surface area (Å²) in [4.78, 5) is 0. The van der Waals surface area contributed by atoms with E-state index in [1.807, 2.05) is 6.07 Å². The van der Waals surface area contributed by atoms with Gasteiger partial charge < -0.3 is 9.84 Å². The van der Waals surface area contributed by atoms with Gasteiger partial charge in [0.15, 0.2) is 0 Å². The van der Waals surface area contributed by atoms with Gasteiger partial charge in [0.2, 0.25) is 0 Å². The molecule has 1 fully saturated rings. The number of hydrogen-bond acceptors (Lipinski definition) is 2. The summed E-state index contributed by atoms with van der Waals surface area (Å²) in [7, 11) is 0. The maximum absolute atomic E-state index is 9.77. The Morgan fingerprint density at radius 2 is 1.58 bits per heavy atom. The monoisotopic (exact) mass is 252 g/mol. The normalized spacial score (nSPS) is 31.4. The highest BCUT2D eigenvalue weighted by atomic mass is 16.6. The molecule has 2 nitrogen and oxygen atoms in total. The van der Waals surface area contributed by atoms with Crippen LogP contribution in [0.2, 0.25) is 0 Å². The fourth-order valence-corrected chi connectivity index (χ4v) is 3.47. The van der Waals surface area contributed by atoms with Crippen LogP contribution in [0.15, 0.2) is 54.6 Å². The van der Waals surface area contributed by atoms with Crippen molar-refractivity contribution < 1.29 is 9.84 Å². The zero-order valence-corrected chi connectivity index (χ0v) is 10.6. The van der Waals surface area contributed by atoms with Gasteiger partial charge in [-0.2, -0.15) is 0 Å². The van der Waals surface area contributed by atoms with Crippen LogP contribution < -0.4 is 0 Å². The molecule has 0 unspecified atom stereocenters. The Labute approximate surface area is 112 Å². The molecule has 19 heavy (non-hydrogen) atoms. The standard InChI is InChI=1S/C17H16O2/c18-10-14-15(11-6-2-1-3-7-11)12-8-4-5-9-13(12)16-17(14)19-16/h1-9,14-18H,10H2/t14-,15+,16+,17-/m0/s1. The molecule has 4 rings (SSSR count). The topological polar surface area (TPSA) is 32.8 Å². The van der Waals surface area contributed by atoms with E-state index < -0.39 is 0 Å². The number of ether oxygens (including phenoxy) is 1. The Balaban J connectivity index is 1.88. The molecule has 1 N–H and O–H groups in total. The Bertz CT molecular complexity index is 593. The van der Waals surface area contributed by atoms with Crippen LogP contribution in [0.1, 0.15) is 28.7 Å². The average Bonchev–Trinajstić information content (AvgIpc) is 3.27.